The normalized spacial score (nSPS) is 10.2. The van der Waals surface area contributed by atoms with E-state index in [0.29, 0.717) is 11.5 Å². The van der Waals surface area contributed by atoms with Gasteiger partial charge in [0, 0.05) is 24.1 Å². The van der Waals surface area contributed by atoms with Crippen LogP contribution in [-0.2, 0) is 4.74 Å². The Morgan fingerprint density at radius 3 is 2.74 bits per heavy atom. The van der Waals surface area contributed by atoms with E-state index in [9.17, 15) is 14.9 Å². The van der Waals surface area contributed by atoms with Gasteiger partial charge in [-0.1, -0.05) is 0 Å². The Hall–Kier alpha value is -2.70. The van der Waals surface area contributed by atoms with Crippen molar-refractivity contribution in [3.63, 3.8) is 0 Å². The minimum absolute atomic E-state index is 0.0851. The first-order valence-corrected chi connectivity index (χ1v) is 5.41. The Morgan fingerprint density at radius 1 is 1.47 bits per heavy atom. The molecule has 0 unspecified atom stereocenters. The van der Waals surface area contributed by atoms with Crippen LogP contribution in [0.3, 0.4) is 0 Å². The van der Waals surface area contributed by atoms with Crippen LogP contribution in [0.25, 0.3) is 5.69 Å². The number of nitro groups is 1. The molecule has 1 heterocycles. The summed E-state index contributed by atoms with van der Waals surface area (Å²) >= 11 is 0. The lowest BCUT2D eigenvalue weighted by atomic mass is 10.1. The summed E-state index contributed by atoms with van der Waals surface area (Å²) in [5.41, 5.74) is 0.243. The second-order valence-corrected chi connectivity index (χ2v) is 3.79. The molecule has 0 radical (unpaired) electrons. The molecule has 0 aliphatic carbocycles. The maximum atomic E-state index is 11.6. The predicted molar refractivity (Wildman–Crippen MR) is 66.3 cm³/mol. The van der Waals surface area contributed by atoms with Gasteiger partial charge >= 0.3 is 5.97 Å². The number of nitrogens with zero attached hydrogens (tertiary/aromatic N) is 3. The van der Waals surface area contributed by atoms with Crippen LogP contribution in [0.15, 0.2) is 30.6 Å². The smallest absolute Gasteiger partial charge is 0.344 e. The third-order valence-corrected chi connectivity index (χ3v) is 2.69. The summed E-state index contributed by atoms with van der Waals surface area (Å²) in [4.78, 5) is 25.9. The lowest BCUT2D eigenvalue weighted by molar-refractivity contribution is -0.385. The highest BCUT2D eigenvalue weighted by Crippen LogP contribution is 2.23. The van der Waals surface area contributed by atoms with Gasteiger partial charge < -0.3 is 9.30 Å². The average molecular weight is 261 g/mol. The summed E-state index contributed by atoms with van der Waals surface area (Å²) in [7, 11) is 1.18. The number of carbonyl (C=O) groups excluding carboxylic acids is 1. The topological polar surface area (TPSA) is 87.3 Å². The van der Waals surface area contributed by atoms with Gasteiger partial charge in [0.1, 0.15) is 11.4 Å². The molecule has 7 heteroatoms. The van der Waals surface area contributed by atoms with E-state index in [1.807, 2.05) is 0 Å². The molecule has 1 aromatic carbocycles. The van der Waals surface area contributed by atoms with Crippen LogP contribution in [0.4, 0.5) is 5.69 Å². The van der Waals surface area contributed by atoms with Crippen LogP contribution < -0.4 is 0 Å². The zero-order valence-corrected chi connectivity index (χ0v) is 10.4. The molecule has 0 aliphatic rings. The van der Waals surface area contributed by atoms with Gasteiger partial charge in [0.15, 0.2) is 0 Å². The Labute approximate surface area is 108 Å². The maximum absolute atomic E-state index is 11.6. The zero-order valence-electron chi connectivity index (χ0n) is 10.4. The maximum Gasteiger partial charge on any atom is 0.344 e. The highest BCUT2D eigenvalue weighted by atomic mass is 16.6. The molecule has 2 rings (SSSR count). The summed E-state index contributed by atoms with van der Waals surface area (Å²) in [6.07, 6.45) is 3.31. The lowest BCUT2D eigenvalue weighted by Gasteiger charge is -2.07. The third-order valence-electron chi connectivity index (χ3n) is 2.69. The van der Waals surface area contributed by atoms with E-state index in [0.717, 1.165) is 0 Å². The number of aryl methyl sites for hydroxylation is 1. The first-order chi connectivity index (χ1) is 9.04. The molecule has 0 amide bonds. The molecule has 0 saturated heterocycles. The third kappa shape index (κ3) is 2.30. The van der Waals surface area contributed by atoms with Crippen molar-refractivity contribution in [3.8, 4) is 5.69 Å². The van der Waals surface area contributed by atoms with Crippen molar-refractivity contribution >= 4 is 11.7 Å². The van der Waals surface area contributed by atoms with Crippen LogP contribution in [0.2, 0.25) is 0 Å². The number of imidazole rings is 1. The first kappa shape index (κ1) is 12.7. The minimum Gasteiger partial charge on any atom is -0.465 e. The molecule has 2 aromatic rings. The molecule has 0 N–H and O–H groups in total. The lowest BCUT2D eigenvalue weighted by Crippen LogP contribution is -2.07. The number of hydrogen-bond donors (Lipinski definition) is 0. The Morgan fingerprint density at radius 2 is 2.21 bits per heavy atom. The fourth-order valence-electron chi connectivity index (χ4n) is 1.76. The van der Waals surface area contributed by atoms with Gasteiger partial charge in [0.2, 0.25) is 0 Å². The number of benzene rings is 1. The largest absolute Gasteiger partial charge is 0.465 e. The van der Waals surface area contributed by atoms with Crippen molar-refractivity contribution < 1.29 is 14.5 Å². The van der Waals surface area contributed by atoms with E-state index in [-0.39, 0.29) is 11.3 Å². The van der Waals surface area contributed by atoms with Crippen LogP contribution in [0.1, 0.15) is 16.2 Å². The number of esters is 1. The number of methoxy groups -OCH3 is 1. The zero-order chi connectivity index (χ0) is 14.0. The fraction of sp³-hybridized carbons (Fsp3) is 0.167. The summed E-state index contributed by atoms with van der Waals surface area (Å²) in [6.45, 7) is 1.79. The summed E-state index contributed by atoms with van der Waals surface area (Å²) in [5.74, 6) is -0.0315. The Balaban J connectivity index is 2.59. The Kier molecular flexibility index (Phi) is 3.28. The van der Waals surface area contributed by atoms with Crippen LogP contribution in [-0.4, -0.2) is 27.6 Å². The van der Waals surface area contributed by atoms with Crippen molar-refractivity contribution in [1.82, 2.24) is 9.55 Å². The molecule has 0 bridgehead atoms. The van der Waals surface area contributed by atoms with Gasteiger partial charge in [-0.2, -0.15) is 0 Å². The van der Waals surface area contributed by atoms with E-state index in [2.05, 4.69) is 9.72 Å². The molecular weight excluding hydrogens is 250 g/mol. The molecule has 0 atom stereocenters. The number of rotatable bonds is 3. The van der Waals surface area contributed by atoms with E-state index < -0.39 is 10.9 Å². The quantitative estimate of drug-likeness (QED) is 0.478. The first-order valence-electron chi connectivity index (χ1n) is 5.41. The molecule has 0 fully saturated rings. The number of carbonyl (C=O) groups is 1. The van der Waals surface area contributed by atoms with Gasteiger partial charge in [0.05, 0.1) is 12.0 Å². The predicted octanol–water partition coefficient (Wildman–Crippen LogP) is 1.88. The van der Waals surface area contributed by atoms with Crippen molar-refractivity contribution in [2.75, 3.05) is 7.11 Å². The van der Waals surface area contributed by atoms with E-state index in [1.54, 1.807) is 30.0 Å². The second kappa shape index (κ2) is 4.89. The number of nitro benzene ring substituents is 1. The fourth-order valence-corrected chi connectivity index (χ4v) is 1.76. The van der Waals surface area contributed by atoms with Crippen LogP contribution in [0.5, 0.6) is 0 Å². The van der Waals surface area contributed by atoms with E-state index in [1.165, 1.54) is 19.2 Å². The standard InChI is InChI=1S/C12H11N3O4/c1-8-13-5-6-14(8)9-3-4-11(15(17)18)10(7-9)12(16)19-2/h3-7H,1-2H3. The monoisotopic (exact) mass is 261 g/mol. The highest BCUT2D eigenvalue weighted by Gasteiger charge is 2.21. The molecule has 19 heavy (non-hydrogen) atoms. The molecule has 0 saturated carbocycles. The van der Waals surface area contributed by atoms with Crippen LogP contribution >= 0.6 is 0 Å². The second-order valence-electron chi connectivity index (χ2n) is 3.79. The summed E-state index contributed by atoms with van der Waals surface area (Å²) in [6, 6.07) is 4.25. The van der Waals surface area contributed by atoms with Crippen molar-refractivity contribution in [3.05, 3.63) is 52.1 Å². The van der Waals surface area contributed by atoms with Crippen molar-refractivity contribution in [2.24, 2.45) is 0 Å². The highest BCUT2D eigenvalue weighted by molar-refractivity contribution is 5.94. The van der Waals surface area contributed by atoms with Crippen molar-refractivity contribution in [2.45, 2.75) is 6.92 Å². The van der Waals surface area contributed by atoms with E-state index >= 15 is 0 Å². The molecule has 98 valence electrons. The van der Waals surface area contributed by atoms with Crippen LogP contribution in [0, 0.1) is 17.0 Å². The van der Waals surface area contributed by atoms with E-state index in [4.69, 9.17) is 0 Å². The molecule has 0 spiro atoms. The van der Waals surface area contributed by atoms with Gasteiger partial charge in [-0.3, -0.25) is 10.1 Å². The molecular formula is C12H11N3O4. The number of ether oxygens (including phenoxy) is 1. The summed E-state index contributed by atoms with van der Waals surface area (Å²) < 4.78 is 6.28. The summed E-state index contributed by atoms with van der Waals surface area (Å²) in [5, 5.41) is 10.9. The minimum atomic E-state index is -0.744. The molecule has 0 aliphatic heterocycles. The molecule has 1 aromatic heterocycles. The number of aromatic nitrogens is 2. The van der Waals surface area contributed by atoms with Gasteiger partial charge in [-0.05, 0) is 19.1 Å². The average Bonchev–Trinajstić information content (AvgIpc) is 2.83. The SMILES string of the molecule is COC(=O)c1cc(-n2ccnc2C)ccc1[N+](=O)[O-]. The number of hydrogen-bond acceptors (Lipinski definition) is 5. The van der Waals surface area contributed by atoms with Gasteiger partial charge in [0.25, 0.3) is 5.69 Å². The molecule has 7 nitrogen and oxygen atoms in total. The Bertz CT molecular complexity index is 648. The van der Waals surface area contributed by atoms with Gasteiger partial charge in [-0.15, -0.1) is 0 Å². The van der Waals surface area contributed by atoms with Crippen molar-refractivity contribution in [1.29, 1.82) is 0 Å². The van der Waals surface area contributed by atoms with Gasteiger partial charge in [-0.25, -0.2) is 9.78 Å².